The van der Waals surface area contributed by atoms with Gasteiger partial charge in [0.25, 0.3) is 0 Å². The number of aromatic nitrogens is 1. The van der Waals surface area contributed by atoms with Crippen LogP contribution in [-0.4, -0.2) is 4.57 Å². The molecule has 0 aliphatic rings. The Kier molecular flexibility index (Phi) is 7.54. The van der Waals surface area contributed by atoms with Gasteiger partial charge in [-0.1, -0.05) is 140 Å². The molecule has 0 N–H and O–H groups in total. The van der Waals surface area contributed by atoms with Crippen LogP contribution in [0.25, 0.3) is 93.2 Å². The van der Waals surface area contributed by atoms with E-state index in [0.717, 1.165) is 61.2 Å². The van der Waals surface area contributed by atoms with Crippen LogP contribution in [0.3, 0.4) is 0 Å². The Morgan fingerprint density at radius 3 is 1.68 bits per heavy atom. The fraction of sp³-hybridized carbons (Fsp3) is 0. The van der Waals surface area contributed by atoms with Crippen molar-refractivity contribution in [2.45, 2.75) is 0 Å². The Morgan fingerprint density at radius 1 is 0.356 bits per heavy atom. The van der Waals surface area contributed by atoms with Crippen LogP contribution in [0.1, 0.15) is 0 Å². The average molecular weight is 753 g/mol. The van der Waals surface area contributed by atoms with Crippen molar-refractivity contribution >= 4 is 82.4 Å². The first kappa shape index (κ1) is 33.3. The van der Waals surface area contributed by atoms with Crippen LogP contribution >= 0.6 is 0 Å². The van der Waals surface area contributed by atoms with Crippen LogP contribution in [-0.2, 0) is 0 Å². The summed E-state index contributed by atoms with van der Waals surface area (Å²) < 4.78 is 9.04. The van der Waals surface area contributed by atoms with E-state index in [1.54, 1.807) is 0 Å². The molecule has 12 rings (SSSR count). The van der Waals surface area contributed by atoms with Gasteiger partial charge in [0.1, 0.15) is 11.2 Å². The van der Waals surface area contributed by atoms with Crippen LogP contribution in [0.5, 0.6) is 0 Å². The molecule has 0 aliphatic heterocycles. The normalized spacial score (nSPS) is 11.7. The third-order valence-corrected chi connectivity index (χ3v) is 12.0. The van der Waals surface area contributed by atoms with E-state index < -0.39 is 0 Å². The first-order chi connectivity index (χ1) is 29.2. The third kappa shape index (κ3) is 5.44. The van der Waals surface area contributed by atoms with Crippen LogP contribution in [0, 0.1) is 0 Å². The highest BCUT2D eigenvalue weighted by Gasteiger charge is 2.20. The minimum absolute atomic E-state index is 0.880. The molecule has 276 valence electrons. The molecule has 10 aromatic carbocycles. The summed E-state index contributed by atoms with van der Waals surface area (Å²) >= 11 is 0. The van der Waals surface area contributed by atoms with Gasteiger partial charge in [0, 0.05) is 49.6 Å². The van der Waals surface area contributed by atoms with Crippen molar-refractivity contribution in [3.05, 3.63) is 218 Å². The summed E-state index contributed by atoms with van der Waals surface area (Å²) in [5.41, 5.74) is 13.1. The van der Waals surface area contributed by atoms with Crippen molar-refractivity contribution in [3.63, 3.8) is 0 Å². The van der Waals surface area contributed by atoms with Crippen molar-refractivity contribution in [1.82, 2.24) is 4.57 Å². The molecule has 0 amide bonds. The lowest BCUT2D eigenvalue weighted by Crippen LogP contribution is -2.11. The summed E-state index contributed by atoms with van der Waals surface area (Å²) in [4.78, 5) is 2.38. The maximum Gasteiger partial charge on any atom is 0.143 e. The highest BCUT2D eigenvalue weighted by atomic mass is 16.3. The number of para-hydroxylation sites is 3. The van der Waals surface area contributed by atoms with Crippen molar-refractivity contribution in [3.8, 4) is 27.9 Å². The molecule has 0 spiro atoms. The lowest BCUT2D eigenvalue weighted by Gasteiger charge is -2.28. The molecular weight excluding hydrogens is 717 g/mol. The SMILES string of the molecule is c1ccc(N(c2ccc(-c3ccc4ccccc4c3)cc2)c2ccc(-n3c4ccccc4c4ccccc43)cc2)c(-c2ccc3c(c2)oc2c4ccccc4ccc32)c1. The number of nitrogens with zero attached hydrogens (tertiary/aromatic N) is 2. The quantitative estimate of drug-likeness (QED) is 0.169. The van der Waals surface area contributed by atoms with Crippen LogP contribution in [0.4, 0.5) is 17.1 Å². The monoisotopic (exact) mass is 752 g/mol. The number of benzene rings is 10. The molecule has 12 aromatic rings. The number of anilines is 3. The van der Waals surface area contributed by atoms with Crippen LogP contribution < -0.4 is 4.90 Å². The molecule has 2 aromatic heterocycles. The maximum absolute atomic E-state index is 6.67. The van der Waals surface area contributed by atoms with E-state index in [-0.39, 0.29) is 0 Å². The average Bonchev–Trinajstić information content (AvgIpc) is 3.85. The van der Waals surface area contributed by atoms with Crippen molar-refractivity contribution < 1.29 is 4.42 Å². The number of fused-ring (bicyclic) bond motifs is 9. The second-order valence-electron chi connectivity index (χ2n) is 15.3. The topological polar surface area (TPSA) is 21.3 Å². The van der Waals surface area contributed by atoms with Gasteiger partial charge in [0.15, 0.2) is 0 Å². The van der Waals surface area contributed by atoms with Gasteiger partial charge in [-0.05, 0) is 112 Å². The van der Waals surface area contributed by atoms with Gasteiger partial charge in [-0.25, -0.2) is 0 Å². The minimum atomic E-state index is 0.880. The standard InChI is InChI=1S/C56H36N2O/c1-2-13-40-35-41(22-21-37(40)11-1)38-23-27-43(28-24-38)57(44-29-31-45(32-30-44)58-53-19-9-6-16-48(53)49-17-7-10-20-54(49)58)52-18-8-5-14-46(52)42-26-33-50-51-34-25-39-12-3-4-15-47(39)56(51)59-55(50)36-42/h1-36H. The summed E-state index contributed by atoms with van der Waals surface area (Å²) in [6.45, 7) is 0. The predicted octanol–water partition coefficient (Wildman–Crippen LogP) is 15.8. The molecule has 0 radical (unpaired) electrons. The van der Waals surface area contributed by atoms with Crippen molar-refractivity contribution in [2.75, 3.05) is 4.90 Å². The molecule has 0 saturated heterocycles. The minimum Gasteiger partial charge on any atom is -0.455 e. The molecule has 0 saturated carbocycles. The van der Waals surface area contributed by atoms with Gasteiger partial charge in [-0.2, -0.15) is 0 Å². The highest BCUT2D eigenvalue weighted by Crippen LogP contribution is 2.44. The Bertz CT molecular complexity index is 3500. The second-order valence-corrected chi connectivity index (χ2v) is 15.3. The van der Waals surface area contributed by atoms with Crippen molar-refractivity contribution in [1.29, 1.82) is 0 Å². The van der Waals surface area contributed by atoms with Gasteiger partial charge in [0.2, 0.25) is 0 Å². The van der Waals surface area contributed by atoms with Gasteiger partial charge < -0.3 is 13.9 Å². The lowest BCUT2D eigenvalue weighted by atomic mass is 9.99. The van der Waals surface area contributed by atoms with E-state index in [4.69, 9.17) is 4.42 Å². The van der Waals surface area contributed by atoms with Gasteiger partial charge in [-0.3, -0.25) is 0 Å². The zero-order valence-electron chi connectivity index (χ0n) is 32.1. The summed E-state index contributed by atoms with van der Waals surface area (Å²) in [6, 6.07) is 78.7. The van der Waals surface area contributed by atoms with Crippen LogP contribution in [0.15, 0.2) is 223 Å². The largest absolute Gasteiger partial charge is 0.455 e. The Morgan fingerprint density at radius 2 is 0.915 bits per heavy atom. The van der Waals surface area contributed by atoms with E-state index in [9.17, 15) is 0 Å². The van der Waals surface area contributed by atoms with Crippen LogP contribution in [0.2, 0.25) is 0 Å². The van der Waals surface area contributed by atoms with E-state index >= 15 is 0 Å². The Labute approximate surface area is 341 Å². The zero-order chi connectivity index (χ0) is 38.9. The van der Waals surface area contributed by atoms with E-state index in [1.807, 2.05) is 0 Å². The summed E-state index contributed by atoms with van der Waals surface area (Å²) in [5.74, 6) is 0. The fourth-order valence-electron chi connectivity index (χ4n) is 9.14. The van der Waals surface area contributed by atoms with Gasteiger partial charge in [0.05, 0.1) is 16.7 Å². The summed E-state index contributed by atoms with van der Waals surface area (Å²) in [6.07, 6.45) is 0. The number of hydrogen-bond donors (Lipinski definition) is 0. The van der Waals surface area contributed by atoms with E-state index in [2.05, 4.69) is 228 Å². The maximum atomic E-state index is 6.67. The number of hydrogen-bond acceptors (Lipinski definition) is 2. The smallest absolute Gasteiger partial charge is 0.143 e. The summed E-state index contributed by atoms with van der Waals surface area (Å²) in [7, 11) is 0. The van der Waals surface area contributed by atoms with Crippen molar-refractivity contribution in [2.24, 2.45) is 0 Å². The fourth-order valence-corrected chi connectivity index (χ4v) is 9.14. The Hall–Kier alpha value is -7.88. The van der Waals surface area contributed by atoms with Gasteiger partial charge >= 0.3 is 0 Å². The Balaban J connectivity index is 1.01. The molecule has 3 heteroatoms. The predicted molar refractivity (Wildman–Crippen MR) is 249 cm³/mol. The zero-order valence-corrected chi connectivity index (χ0v) is 32.1. The summed E-state index contributed by atoms with van der Waals surface area (Å²) in [5, 5.41) is 9.55. The van der Waals surface area contributed by atoms with E-state index in [1.165, 1.54) is 49.1 Å². The number of rotatable bonds is 6. The second kappa shape index (κ2) is 13.4. The van der Waals surface area contributed by atoms with Gasteiger partial charge in [-0.15, -0.1) is 0 Å². The molecule has 0 bridgehead atoms. The lowest BCUT2D eigenvalue weighted by molar-refractivity contribution is 0.673. The number of furan rings is 1. The molecule has 59 heavy (non-hydrogen) atoms. The first-order valence-corrected chi connectivity index (χ1v) is 20.2. The molecule has 0 atom stereocenters. The molecule has 0 unspecified atom stereocenters. The van der Waals surface area contributed by atoms with E-state index in [0.29, 0.717) is 0 Å². The molecule has 0 fully saturated rings. The third-order valence-electron chi connectivity index (χ3n) is 12.0. The molecular formula is C56H36N2O. The molecule has 3 nitrogen and oxygen atoms in total. The highest BCUT2D eigenvalue weighted by molar-refractivity contribution is 6.15. The first-order valence-electron chi connectivity index (χ1n) is 20.2. The molecule has 0 aliphatic carbocycles. The molecule has 2 heterocycles.